The number of hydrogen-bond donors (Lipinski definition) is 0. The molecule has 2 aromatic rings. The summed E-state index contributed by atoms with van der Waals surface area (Å²) in [6.45, 7) is 13.4. The number of azo groups is 1. The normalized spacial score (nSPS) is 12.8. The van der Waals surface area contributed by atoms with Crippen LogP contribution in [0.15, 0.2) is 58.8 Å². The summed E-state index contributed by atoms with van der Waals surface area (Å²) in [5.74, 6) is 0. The van der Waals surface area contributed by atoms with Crippen LogP contribution >= 0.6 is 0 Å². The van der Waals surface area contributed by atoms with Crippen LogP contribution in [0, 0.1) is 0 Å². The molecule has 0 N–H and O–H groups in total. The Labute approximate surface area is 134 Å². The molecule has 116 valence electrons. The van der Waals surface area contributed by atoms with E-state index in [1.807, 2.05) is 30.3 Å². The van der Waals surface area contributed by atoms with Gasteiger partial charge in [-0.15, -0.1) is 0 Å². The number of rotatable bonds is 2. The SMILES string of the molecule is CC(C)(C)c1cccc(N=Nc2ccccc2)c1C(C)(C)C. The van der Waals surface area contributed by atoms with Crippen LogP contribution in [0.25, 0.3) is 0 Å². The lowest BCUT2D eigenvalue weighted by Crippen LogP contribution is -2.22. The fraction of sp³-hybridized carbons (Fsp3) is 0.400. The summed E-state index contributed by atoms with van der Waals surface area (Å²) in [5.41, 5.74) is 4.56. The van der Waals surface area contributed by atoms with Crippen LogP contribution in [0.5, 0.6) is 0 Å². The average Bonchev–Trinajstić information content (AvgIpc) is 2.44. The van der Waals surface area contributed by atoms with Gasteiger partial charge in [0, 0.05) is 0 Å². The van der Waals surface area contributed by atoms with Gasteiger partial charge in [-0.3, -0.25) is 0 Å². The van der Waals surface area contributed by atoms with Crippen LogP contribution in [-0.2, 0) is 10.8 Å². The minimum absolute atomic E-state index is 0.0227. The van der Waals surface area contributed by atoms with Crippen molar-refractivity contribution in [2.24, 2.45) is 10.2 Å². The van der Waals surface area contributed by atoms with Crippen molar-refractivity contribution >= 4 is 11.4 Å². The predicted octanol–water partition coefficient (Wildman–Crippen LogP) is 6.70. The van der Waals surface area contributed by atoms with Crippen molar-refractivity contribution in [2.75, 3.05) is 0 Å². The summed E-state index contributed by atoms with van der Waals surface area (Å²) < 4.78 is 0. The highest BCUT2D eigenvalue weighted by atomic mass is 15.1. The molecule has 0 saturated heterocycles. The lowest BCUT2D eigenvalue weighted by molar-refractivity contribution is 0.531. The molecule has 0 bridgehead atoms. The first-order valence-corrected chi connectivity index (χ1v) is 7.80. The third-order valence-electron chi connectivity index (χ3n) is 3.63. The topological polar surface area (TPSA) is 24.7 Å². The predicted molar refractivity (Wildman–Crippen MR) is 94.5 cm³/mol. The molecular formula is C20H26N2. The molecule has 2 nitrogen and oxygen atoms in total. The number of hydrogen-bond acceptors (Lipinski definition) is 2. The fourth-order valence-corrected chi connectivity index (χ4v) is 2.64. The van der Waals surface area contributed by atoms with Gasteiger partial charge < -0.3 is 0 Å². The van der Waals surface area contributed by atoms with E-state index in [4.69, 9.17) is 0 Å². The standard InChI is InChI=1S/C20H26N2/c1-19(2,3)16-13-10-14-17(18(16)20(4,5)6)22-21-15-11-8-7-9-12-15/h7-14H,1-6H3. The number of benzene rings is 2. The Morgan fingerprint density at radius 3 is 1.82 bits per heavy atom. The molecule has 0 unspecified atom stereocenters. The quantitative estimate of drug-likeness (QED) is 0.551. The van der Waals surface area contributed by atoms with Gasteiger partial charge in [0.25, 0.3) is 0 Å². The Bertz CT molecular complexity index is 656. The van der Waals surface area contributed by atoms with Gasteiger partial charge in [-0.1, -0.05) is 71.9 Å². The Balaban J connectivity index is 2.55. The summed E-state index contributed by atoms with van der Waals surface area (Å²) in [5, 5.41) is 8.94. The maximum absolute atomic E-state index is 4.54. The molecule has 0 saturated carbocycles. The molecule has 2 rings (SSSR count). The highest BCUT2D eigenvalue weighted by Gasteiger charge is 2.27. The van der Waals surface area contributed by atoms with Crippen molar-refractivity contribution < 1.29 is 0 Å². The average molecular weight is 294 g/mol. The van der Waals surface area contributed by atoms with Gasteiger partial charge in [0.2, 0.25) is 0 Å². The van der Waals surface area contributed by atoms with Crippen LogP contribution in [-0.4, -0.2) is 0 Å². The first-order valence-electron chi connectivity index (χ1n) is 7.80. The zero-order valence-electron chi connectivity index (χ0n) is 14.5. The van der Waals surface area contributed by atoms with E-state index in [0.717, 1.165) is 11.4 Å². The lowest BCUT2D eigenvalue weighted by atomic mass is 9.74. The Kier molecular flexibility index (Phi) is 4.50. The van der Waals surface area contributed by atoms with E-state index in [2.05, 4.69) is 70.0 Å². The van der Waals surface area contributed by atoms with E-state index in [0.29, 0.717) is 0 Å². The molecule has 0 radical (unpaired) electrons. The molecule has 0 aromatic heterocycles. The van der Waals surface area contributed by atoms with Crippen molar-refractivity contribution in [3.8, 4) is 0 Å². The molecule has 2 heteroatoms. The lowest BCUT2D eigenvalue weighted by Gasteiger charge is -2.31. The van der Waals surface area contributed by atoms with Gasteiger partial charge in [0.1, 0.15) is 0 Å². The Morgan fingerprint density at radius 1 is 0.636 bits per heavy atom. The number of nitrogens with zero attached hydrogens (tertiary/aromatic N) is 2. The molecule has 0 heterocycles. The van der Waals surface area contributed by atoms with E-state index >= 15 is 0 Å². The second-order valence-corrected chi connectivity index (χ2v) is 7.74. The van der Waals surface area contributed by atoms with Crippen LogP contribution in [0.1, 0.15) is 52.7 Å². The zero-order chi connectivity index (χ0) is 16.4. The third-order valence-corrected chi connectivity index (χ3v) is 3.63. The molecule has 0 aliphatic carbocycles. The van der Waals surface area contributed by atoms with Crippen molar-refractivity contribution in [1.29, 1.82) is 0 Å². The Morgan fingerprint density at radius 2 is 1.27 bits per heavy atom. The zero-order valence-corrected chi connectivity index (χ0v) is 14.5. The maximum Gasteiger partial charge on any atom is 0.0897 e. The van der Waals surface area contributed by atoms with E-state index in [9.17, 15) is 0 Å². The minimum Gasteiger partial charge on any atom is -0.151 e. The summed E-state index contributed by atoms with van der Waals surface area (Å²) >= 11 is 0. The van der Waals surface area contributed by atoms with Crippen LogP contribution in [0.4, 0.5) is 11.4 Å². The molecule has 0 aliphatic heterocycles. The molecule has 0 amide bonds. The monoisotopic (exact) mass is 294 g/mol. The van der Waals surface area contributed by atoms with Gasteiger partial charge >= 0.3 is 0 Å². The fourth-order valence-electron chi connectivity index (χ4n) is 2.64. The van der Waals surface area contributed by atoms with Crippen molar-refractivity contribution in [3.05, 3.63) is 59.7 Å². The molecule has 0 spiro atoms. The smallest absolute Gasteiger partial charge is 0.0897 e. The van der Waals surface area contributed by atoms with Gasteiger partial charge in [0.05, 0.1) is 11.4 Å². The van der Waals surface area contributed by atoms with Gasteiger partial charge in [-0.25, -0.2) is 0 Å². The molecule has 2 aromatic carbocycles. The maximum atomic E-state index is 4.54. The highest BCUT2D eigenvalue weighted by molar-refractivity contribution is 5.55. The summed E-state index contributed by atoms with van der Waals surface area (Å²) in [4.78, 5) is 0. The van der Waals surface area contributed by atoms with Gasteiger partial charge in [-0.05, 0) is 40.2 Å². The molecule has 0 fully saturated rings. The molecular weight excluding hydrogens is 268 g/mol. The molecule has 22 heavy (non-hydrogen) atoms. The second-order valence-electron chi connectivity index (χ2n) is 7.74. The van der Waals surface area contributed by atoms with Crippen molar-refractivity contribution in [3.63, 3.8) is 0 Å². The van der Waals surface area contributed by atoms with E-state index in [1.54, 1.807) is 0 Å². The van der Waals surface area contributed by atoms with E-state index < -0.39 is 0 Å². The highest BCUT2D eigenvalue weighted by Crippen LogP contribution is 2.40. The van der Waals surface area contributed by atoms with E-state index in [1.165, 1.54) is 11.1 Å². The first kappa shape index (κ1) is 16.4. The van der Waals surface area contributed by atoms with Crippen LogP contribution < -0.4 is 0 Å². The van der Waals surface area contributed by atoms with Gasteiger partial charge in [0.15, 0.2) is 0 Å². The summed E-state index contributed by atoms with van der Waals surface area (Å²) in [7, 11) is 0. The first-order chi connectivity index (χ1) is 10.2. The third kappa shape index (κ3) is 3.82. The van der Waals surface area contributed by atoms with Crippen molar-refractivity contribution in [2.45, 2.75) is 52.4 Å². The summed E-state index contributed by atoms with van der Waals surface area (Å²) in [6.07, 6.45) is 0. The molecule has 0 atom stereocenters. The Hall–Kier alpha value is -1.96. The van der Waals surface area contributed by atoms with E-state index in [-0.39, 0.29) is 10.8 Å². The van der Waals surface area contributed by atoms with Gasteiger partial charge in [-0.2, -0.15) is 10.2 Å². The second kappa shape index (κ2) is 6.04. The van der Waals surface area contributed by atoms with Crippen molar-refractivity contribution in [1.82, 2.24) is 0 Å². The summed E-state index contributed by atoms with van der Waals surface area (Å²) in [6, 6.07) is 16.2. The molecule has 0 aliphatic rings. The van der Waals surface area contributed by atoms with Crippen LogP contribution in [0.3, 0.4) is 0 Å². The largest absolute Gasteiger partial charge is 0.151 e. The minimum atomic E-state index is 0.0227. The van der Waals surface area contributed by atoms with Crippen LogP contribution in [0.2, 0.25) is 0 Å².